The van der Waals surface area contributed by atoms with E-state index in [1.54, 1.807) is 36.3 Å². The first kappa shape index (κ1) is 16.8. The van der Waals surface area contributed by atoms with Crippen LogP contribution in [0.15, 0.2) is 24.3 Å². The monoisotopic (exact) mass is 300 g/mol. The Bertz CT molecular complexity index is 433. The highest BCUT2D eigenvalue weighted by Crippen LogP contribution is 2.21. The second kappa shape index (κ2) is 7.47. The van der Waals surface area contributed by atoms with Gasteiger partial charge in [-0.1, -0.05) is 12.1 Å². The van der Waals surface area contributed by atoms with Gasteiger partial charge in [-0.3, -0.25) is 4.79 Å². The molecule has 3 N–H and O–H groups in total. The molecule has 2 rings (SSSR count). The molecule has 0 spiro atoms. The molecule has 1 amide bonds. The second-order valence-electron chi connectivity index (χ2n) is 4.78. The molecule has 2 unspecified atom stereocenters. The van der Waals surface area contributed by atoms with Crippen molar-refractivity contribution < 1.29 is 14.6 Å². The highest BCUT2D eigenvalue weighted by atomic mass is 35.5. The van der Waals surface area contributed by atoms with Gasteiger partial charge in [-0.25, -0.2) is 0 Å². The van der Waals surface area contributed by atoms with Crippen LogP contribution in [0.3, 0.4) is 0 Å². The second-order valence-corrected chi connectivity index (χ2v) is 4.78. The molecule has 1 saturated heterocycles. The Morgan fingerprint density at radius 3 is 2.35 bits per heavy atom. The smallest absolute Gasteiger partial charge is 0.242 e. The van der Waals surface area contributed by atoms with Gasteiger partial charge in [-0.15, -0.1) is 12.4 Å². The summed E-state index contributed by atoms with van der Waals surface area (Å²) in [5.74, 6) is 0.524. The molecule has 0 radical (unpaired) electrons. The van der Waals surface area contributed by atoms with E-state index in [9.17, 15) is 9.90 Å². The third kappa shape index (κ3) is 3.62. The number of aliphatic hydroxyl groups excluding tert-OH is 1. The lowest BCUT2D eigenvalue weighted by Gasteiger charge is -2.24. The van der Waals surface area contributed by atoms with Gasteiger partial charge in [0.2, 0.25) is 5.91 Å². The zero-order valence-corrected chi connectivity index (χ0v) is 12.3. The van der Waals surface area contributed by atoms with Gasteiger partial charge in [0.05, 0.1) is 7.11 Å². The summed E-state index contributed by atoms with van der Waals surface area (Å²) in [6, 6.07) is 6.02. The number of carbonyl (C=O) groups excluding carboxylic acids is 1. The quantitative estimate of drug-likeness (QED) is 0.873. The highest BCUT2D eigenvalue weighted by Gasteiger charge is 2.29. The maximum atomic E-state index is 12.1. The van der Waals surface area contributed by atoms with Crippen molar-refractivity contribution in [1.29, 1.82) is 0 Å². The average molecular weight is 301 g/mol. The fourth-order valence-electron chi connectivity index (χ4n) is 2.29. The molecular weight excluding hydrogens is 280 g/mol. The predicted octanol–water partition coefficient (Wildman–Crippen LogP) is 1.10. The molecule has 6 heteroatoms. The van der Waals surface area contributed by atoms with E-state index in [2.05, 4.69) is 0 Å². The Morgan fingerprint density at radius 1 is 1.30 bits per heavy atom. The summed E-state index contributed by atoms with van der Waals surface area (Å²) in [7, 11) is 1.58. The van der Waals surface area contributed by atoms with Crippen LogP contribution in [0.25, 0.3) is 0 Å². The number of halogens is 1. The van der Waals surface area contributed by atoms with Crippen molar-refractivity contribution in [2.75, 3.05) is 20.2 Å². The molecular formula is C14H21ClN2O3. The van der Waals surface area contributed by atoms with Crippen LogP contribution in [0, 0.1) is 0 Å². The molecule has 1 fully saturated rings. The van der Waals surface area contributed by atoms with E-state index >= 15 is 0 Å². The van der Waals surface area contributed by atoms with E-state index in [1.165, 1.54) is 0 Å². The van der Waals surface area contributed by atoms with E-state index in [-0.39, 0.29) is 18.3 Å². The zero-order valence-electron chi connectivity index (χ0n) is 11.5. The number of likely N-dealkylation sites (tertiary alicyclic amines) is 1. The number of carbonyl (C=O) groups is 1. The summed E-state index contributed by atoms with van der Waals surface area (Å²) in [6.07, 6.45) is 1.03. The molecule has 0 aliphatic carbocycles. The van der Waals surface area contributed by atoms with Crippen molar-refractivity contribution >= 4 is 18.3 Å². The lowest BCUT2D eigenvalue weighted by molar-refractivity contribution is -0.134. The molecule has 1 heterocycles. The maximum absolute atomic E-state index is 12.1. The lowest BCUT2D eigenvalue weighted by atomic mass is 10.0. The Balaban J connectivity index is 0.00000200. The van der Waals surface area contributed by atoms with Crippen molar-refractivity contribution in [1.82, 2.24) is 4.90 Å². The molecule has 1 aliphatic rings. The van der Waals surface area contributed by atoms with Crippen LogP contribution in [-0.2, 0) is 4.79 Å². The van der Waals surface area contributed by atoms with Crippen molar-refractivity contribution in [3.8, 4) is 5.75 Å². The van der Waals surface area contributed by atoms with Crippen LogP contribution < -0.4 is 10.5 Å². The summed E-state index contributed by atoms with van der Waals surface area (Å²) < 4.78 is 5.05. The van der Waals surface area contributed by atoms with Crippen molar-refractivity contribution in [3.05, 3.63) is 29.8 Å². The van der Waals surface area contributed by atoms with E-state index in [0.717, 1.165) is 25.9 Å². The van der Waals surface area contributed by atoms with Crippen LogP contribution in [0.5, 0.6) is 5.75 Å². The van der Waals surface area contributed by atoms with Crippen LogP contribution in [-0.4, -0.2) is 42.2 Å². The van der Waals surface area contributed by atoms with Gasteiger partial charge in [0, 0.05) is 13.1 Å². The number of hydrogen-bond donors (Lipinski definition) is 2. The molecule has 1 aromatic carbocycles. The van der Waals surface area contributed by atoms with Gasteiger partial charge in [-0.05, 0) is 30.5 Å². The Hall–Kier alpha value is -1.30. The van der Waals surface area contributed by atoms with Crippen LogP contribution in [0.4, 0.5) is 0 Å². The van der Waals surface area contributed by atoms with Gasteiger partial charge in [0.1, 0.15) is 17.9 Å². The summed E-state index contributed by atoms with van der Waals surface area (Å²) in [4.78, 5) is 13.8. The number of aliphatic hydroxyl groups is 1. The molecule has 0 saturated carbocycles. The molecule has 20 heavy (non-hydrogen) atoms. The van der Waals surface area contributed by atoms with E-state index in [1.807, 2.05) is 0 Å². The topological polar surface area (TPSA) is 75.8 Å². The van der Waals surface area contributed by atoms with Crippen molar-refractivity contribution in [2.45, 2.75) is 25.0 Å². The third-order valence-electron chi connectivity index (χ3n) is 3.50. The van der Waals surface area contributed by atoms with Gasteiger partial charge in [0.25, 0.3) is 0 Å². The lowest BCUT2D eigenvalue weighted by Crippen LogP contribution is -2.45. The fourth-order valence-corrected chi connectivity index (χ4v) is 2.29. The van der Waals surface area contributed by atoms with E-state index < -0.39 is 12.1 Å². The van der Waals surface area contributed by atoms with Gasteiger partial charge < -0.3 is 20.5 Å². The number of nitrogens with zero attached hydrogens (tertiary/aromatic N) is 1. The van der Waals surface area contributed by atoms with Gasteiger partial charge in [-0.2, -0.15) is 0 Å². The fraction of sp³-hybridized carbons (Fsp3) is 0.500. The molecule has 1 aliphatic heterocycles. The normalized spacial score (nSPS) is 17.2. The average Bonchev–Trinajstić information content (AvgIpc) is 2.99. The standard InChI is InChI=1S/C14H20N2O3.ClH/c1-19-11-6-4-10(5-7-11)13(17)12(15)14(18)16-8-2-3-9-16;/h4-7,12-13,17H,2-3,8-9,15H2,1H3;1H. The number of methoxy groups -OCH3 is 1. The van der Waals surface area contributed by atoms with Crippen LogP contribution in [0.2, 0.25) is 0 Å². The summed E-state index contributed by atoms with van der Waals surface area (Å²) in [5, 5.41) is 10.2. The number of nitrogens with two attached hydrogens (primary N) is 1. The summed E-state index contributed by atoms with van der Waals surface area (Å²) in [6.45, 7) is 1.48. The molecule has 112 valence electrons. The SMILES string of the molecule is COc1ccc(C(O)C(N)C(=O)N2CCCC2)cc1.Cl. The van der Waals surface area contributed by atoms with Gasteiger partial charge >= 0.3 is 0 Å². The van der Waals surface area contributed by atoms with Crippen molar-refractivity contribution in [3.63, 3.8) is 0 Å². The molecule has 5 nitrogen and oxygen atoms in total. The largest absolute Gasteiger partial charge is 0.497 e. The maximum Gasteiger partial charge on any atom is 0.242 e. The Morgan fingerprint density at radius 2 is 1.85 bits per heavy atom. The molecule has 1 aromatic rings. The van der Waals surface area contributed by atoms with E-state index in [0.29, 0.717) is 11.3 Å². The number of rotatable bonds is 4. The first-order valence-corrected chi connectivity index (χ1v) is 6.50. The van der Waals surface area contributed by atoms with Crippen LogP contribution in [0.1, 0.15) is 24.5 Å². The molecule has 2 atom stereocenters. The Kier molecular flexibility index (Phi) is 6.26. The summed E-state index contributed by atoms with van der Waals surface area (Å²) in [5.41, 5.74) is 6.50. The van der Waals surface area contributed by atoms with E-state index in [4.69, 9.17) is 10.5 Å². The molecule has 0 aromatic heterocycles. The highest BCUT2D eigenvalue weighted by molar-refractivity contribution is 5.85. The minimum atomic E-state index is -0.987. The van der Waals surface area contributed by atoms with Crippen LogP contribution >= 0.6 is 12.4 Å². The summed E-state index contributed by atoms with van der Waals surface area (Å²) >= 11 is 0. The minimum Gasteiger partial charge on any atom is -0.497 e. The minimum absolute atomic E-state index is 0. The first-order valence-electron chi connectivity index (χ1n) is 6.50. The predicted molar refractivity (Wildman–Crippen MR) is 79.0 cm³/mol. The number of benzene rings is 1. The number of hydrogen-bond acceptors (Lipinski definition) is 4. The molecule has 0 bridgehead atoms. The third-order valence-corrected chi connectivity index (χ3v) is 3.50. The number of ether oxygens (including phenoxy) is 1. The van der Waals surface area contributed by atoms with Gasteiger partial charge in [0.15, 0.2) is 0 Å². The number of amides is 1. The zero-order chi connectivity index (χ0) is 13.8. The van der Waals surface area contributed by atoms with Crippen molar-refractivity contribution in [2.24, 2.45) is 5.73 Å². The first-order chi connectivity index (χ1) is 9.13. The Labute approximate surface area is 125 Å².